The van der Waals surface area contributed by atoms with Crippen LogP contribution in [0.3, 0.4) is 0 Å². The van der Waals surface area contributed by atoms with E-state index in [2.05, 4.69) is 4.98 Å². The molecule has 5 nitrogen and oxygen atoms in total. The number of carbonyl (C=O) groups is 1. The molecule has 2 fully saturated rings. The van der Waals surface area contributed by atoms with Gasteiger partial charge in [0.05, 0.1) is 11.0 Å². The highest BCUT2D eigenvalue weighted by molar-refractivity contribution is 6.30. The maximum Gasteiger partial charge on any atom is 0.417 e. The normalized spacial score (nSPS) is 19.5. The Labute approximate surface area is 190 Å². The second-order valence-corrected chi connectivity index (χ2v) is 8.67. The highest BCUT2D eigenvalue weighted by atomic mass is 35.5. The van der Waals surface area contributed by atoms with Gasteiger partial charge in [-0.1, -0.05) is 23.7 Å². The third-order valence-electron chi connectivity index (χ3n) is 6.33. The number of anilines is 1. The summed E-state index contributed by atoms with van der Waals surface area (Å²) in [5.74, 6) is 0.566. The van der Waals surface area contributed by atoms with Crippen molar-refractivity contribution in [3.63, 3.8) is 0 Å². The lowest BCUT2D eigenvalue weighted by Gasteiger charge is -2.40. The monoisotopic (exact) mass is 467 g/mol. The molecule has 0 saturated carbocycles. The Hall–Kier alpha value is -2.32. The zero-order valence-corrected chi connectivity index (χ0v) is 18.3. The van der Waals surface area contributed by atoms with E-state index >= 15 is 0 Å². The number of nitrogens with zero attached hydrogens (tertiary/aromatic N) is 3. The topological polar surface area (TPSA) is 45.7 Å². The van der Waals surface area contributed by atoms with E-state index < -0.39 is 17.2 Å². The third kappa shape index (κ3) is 4.71. The molecule has 1 aromatic carbocycles. The molecule has 32 heavy (non-hydrogen) atoms. The van der Waals surface area contributed by atoms with Crippen LogP contribution >= 0.6 is 11.6 Å². The van der Waals surface area contributed by atoms with E-state index in [1.165, 1.54) is 6.07 Å². The zero-order chi connectivity index (χ0) is 22.8. The summed E-state index contributed by atoms with van der Waals surface area (Å²) in [6.45, 7) is 3.24. The lowest BCUT2D eigenvalue weighted by Crippen LogP contribution is -2.50. The number of aromatic nitrogens is 1. The first-order valence-corrected chi connectivity index (χ1v) is 11.1. The van der Waals surface area contributed by atoms with Crippen LogP contribution in [0.5, 0.6) is 0 Å². The van der Waals surface area contributed by atoms with Crippen LogP contribution in [0.25, 0.3) is 0 Å². The summed E-state index contributed by atoms with van der Waals surface area (Å²) in [5, 5.41) is 0.623. The van der Waals surface area contributed by atoms with Crippen molar-refractivity contribution in [3.8, 4) is 0 Å². The van der Waals surface area contributed by atoms with Gasteiger partial charge in [0, 0.05) is 50.6 Å². The minimum Gasteiger partial charge on any atom is -0.381 e. The number of alkyl halides is 3. The Kier molecular flexibility index (Phi) is 6.62. The highest BCUT2D eigenvalue weighted by Crippen LogP contribution is 2.38. The van der Waals surface area contributed by atoms with Crippen molar-refractivity contribution in [1.29, 1.82) is 0 Å². The van der Waals surface area contributed by atoms with Gasteiger partial charge < -0.3 is 14.5 Å². The molecule has 3 heterocycles. The van der Waals surface area contributed by atoms with Crippen LogP contribution in [0.4, 0.5) is 19.0 Å². The van der Waals surface area contributed by atoms with E-state index in [1.807, 2.05) is 34.1 Å². The van der Waals surface area contributed by atoms with E-state index in [9.17, 15) is 18.0 Å². The van der Waals surface area contributed by atoms with E-state index in [-0.39, 0.29) is 5.91 Å². The maximum atomic E-state index is 13.8. The smallest absolute Gasteiger partial charge is 0.381 e. The number of ether oxygens (including phenoxy) is 1. The summed E-state index contributed by atoms with van der Waals surface area (Å²) in [4.78, 5) is 21.6. The fraction of sp³-hybridized carbons (Fsp3) is 0.478. The first-order valence-electron chi connectivity index (χ1n) is 10.7. The van der Waals surface area contributed by atoms with Crippen LogP contribution in [0.2, 0.25) is 5.02 Å². The van der Waals surface area contributed by atoms with Crippen molar-refractivity contribution in [2.45, 2.75) is 30.9 Å². The minimum absolute atomic E-state index is 0.0744. The Morgan fingerprint density at radius 2 is 1.72 bits per heavy atom. The highest BCUT2D eigenvalue weighted by Gasteiger charge is 2.44. The van der Waals surface area contributed by atoms with E-state index in [1.54, 1.807) is 0 Å². The van der Waals surface area contributed by atoms with Gasteiger partial charge in [-0.15, -0.1) is 0 Å². The SMILES string of the molecule is O=C(N1CCCN(c2ccc(C(F)(F)F)cn2)CC1)C1(c2ccc(Cl)cc2)CCOCC1. The maximum absolute atomic E-state index is 13.8. The van der Waals surface area contributed by atoms with Crippen molar-refractivity contribution in [1.82, 2.24) is 9.88 Å². The van der Waals surface area contributed by atoms with Crippen molar-refractivity contribution in [2.24, 2.45) is 0 Å². The third-order valence-corrected chi connectivity index (χ3v) is 6.59. The molecule has 2 aliphatic rings. The molecule has 172 valence electrons. The van der Waals surface area contributed by atoms with Gasteiger partial charge in [0.1, 0.15) is 5.82 Å². The van der Waals surface area contributed by atoms with Crippen LogP contribution in [0, 0.1) is 0 Å². The second kappa shape index (κ2) is 9.27. The predicted molar refractivity (Wildman–Crippen MR) is 116 cm³/mol. The van der Waals surface area contributed by atoms with Crippen LogP contribution in [-0.2, 0) is 21.1 Å². The predicted octanol–water partition coefficient (Wildman–Crippen LogP) is 4.54. The minimum atomic E-state index is -4.41. The molecule has 2 aromatic rings. The van der Waals surface area contributed by atoms with Gasteiger partial charge in [-0.05, 0) is 49.1 Å². The summed E-state index contributed by atoms with van der Waals surface area (Å²) in [6, 6.07) is 9.90. The molecule has 0 atom stereocenters. The summed E-state index contributed by atoms with van der Waals surface area (Å²) >= 11 is 6.06. The molecule has 9 heteroatoms. The van der Waals surface area contributed by atoms with Crippen LogP contribution in [0.1, 0.15) is 30.4 Å². The summed E-state index contributed by atoms with van der Waals surface area (Å²) < 4.78 is 44.0. The number of pyridine rings is 1. The second-order valence-electron chi connectivity index (χ2n) is 8.24. The number of hydrogen-bond acceptors (Lipinski definition) is 4. The Morgan fingerprint density at radius 3 is 2.34 bits per heavy atom. The first-order chi connectivity index (χ1) is 15.3. The average molecular weight is 468 g/mol. The van der Waals surface area contributed by atoms with Gasteiger partial charge >= 0.3 is 6.18 Å². The molecule has 2 saturated heterocycles. The molecule has 0 aliphatic carbocycles. The van der Waals surface area contributed by atoms with Gasteiger partial charge in [-0.3, -0.25) is 4.79 Å². The molecular weight excluding hydrogens is 443 g/mol. The van der Waals surface area contributed by atoms with E-state index in [0.717, 1.165) is 17.8 Å². The van der Waals surface area contributed by atoms with Gasteiger partial charge in [-0.2, -0.15) is 13.2 Å². The Morgan fingerprint density at radius 1 is 1.00 bits per heavy atom. The van der Waals surface area contributed by atoms with Gasteiger partial charge in [-0.25, -0.2) is 4.98 Å². The van der Waals surface area contributed by atoms with Crippen LogP contribution in [-0.4, -0.2) is 55.2 Å². The molecule has 0 radical (unpaired) electrons. The molecule has 4 rings (SSSR count). The zero-order valence-electron chi connectivity index (χ0n) is 17.6. The van der Waals surface area contributed by atoms with Crippen molar-refractivity contribution in [2.75, 3.05) is 44.3 Å². The average Bonchev–Trinajstić information content (AvgIpc) is 3.05. The molecule has 0 bridgehead atoms. The standard InChI is InChI=1S/C23H25ClF3N3O2/c24-19-5-2-17(3-6-19)22(8-14-32-15-9-22)21(31)30-11-1-10-29(12-13-30)20-7-4-18(16-28-20)23(25,26)27/h2-7,16H,1,8-15H2. The number of rotatable bonds is 3. The van der Waals surface area contributed by atoms with Gasteiger partial charge in [0.15, 0.2) is 0 Å². The van der Waals surface area contributed by atoms with Crippen LogP contribution in [0.15, 0.2) is 42.6 Å². The van der Waals surface area contributed by atoms with Crippen molar-refractivity contribution >= 4 is 23.3 Å². The molecule has 1 amide bonds. The molecule has 0 unspecified atom stereocenters. The lowest BCUT2D eigenvalue weighted by atomic mass is 9.73. The molecule has 0 N–H and O–H groups in total. The Bertz CT molecular complexity index is 929. The number of benzene rings is 1. The van der Waals surface area contributed by atoms with Gasteiger partial charge in [0.25, 0.3) is 0 Å². The van der Waals surface area contributed by atoms with E-state index in [4.69, 9.17) is 16.3 Å². The summed E-state index contributed by atoms with van der Waals surface area (Å²) in [7, 11) is 0. The fourth-order valence-electron chi connectivity index (χ4n) is 4.51. The quantitative estimate of drug-likeness (QED) is 0.665. The number of carbonyl (C=O) groups excluding carboxylic acids is 1. The molecular formula is C23H25ClF3N3O2. The lowest BCUT2D eigenvalue weighted by molar-refractivity contribution is -0.141. The van der Waals surface area contributed by atoms with Crippen LogP contribution < -0.4 is 4.90 Å². The fourth-order valence-corrected chi connectivity index (χ4v) is 4.63. The Balaban J connectivity index is 1.50. The molecule has 2 aliphatic heterocycles. The molecule has 0 spiro atoms. The summed E-state index contributed by atoms with van der Waals surface area (Å²) in [6.07, 6.45) is -1.63. The first kappa shape index (κ1) is 22.9. The number of halogens is 4. The largest absolute Gasteiger partial charge is 0.417 e. The van der Waals surface area contributed by atoms with Gasteiger partial charge in [0.2, 0.25) is 5.91 Å². The number of hydrogen-bond donors (Lipinski definition) is 0. The number of amides is 1. The summed E-state index contributed by atoms with van der Waals surface area (Å²) in [5.41, 5.74) is -0.469. The van der Waals surface area contributed by atoms with E-state index in [0.29, 0.717) is 69.5 Å². The molecule has 1 aromatic heterocycles. The van der Waals surface area contributed by atoms with Crippen molar-refractivity contribution < 1.29 is 22.7 Å². The van der Waals surface area contributed by atoms with Crippen molar-refractivity contribution in [3.05, 3.63) is 58.7 Å².